The number of pyridine rings is 1. The number of hydrogen-bond acceptors (Lipinski definition) is 6. The zero-order valence-corrected chi connectivity index (χ0v) is 23.0. The van der Waals surface area contributed by atoms with E-state index >= 15 is 4.39 Å². The van der Waals surface area contributed by atoms with Crippen LogP contribution in [0.15, 0.2) is 55.0 Å². The molecule has 0 radical (unpaired) electrons. The Bertz CT molecular complexity index is 1570. The highest BCUT2D eigenvalue weighted by molar-refractivity contribution is 5.99. The smallest absolute Gasteiger partial charge is 0.251 e. The topological polar surface area (TPSA) is 107 Å². The second-order valence-corrected chi connectivity index (χ2v) is 11.0. The Morgan fingerprint density at radius 1 is 1.15 bits per heavy atom. The first-order chi connectivity index (χ1) is 19.1. The van der Waals surface area contributed by atoms with Crippen LogP contribution >= 0.6 is 0 Å². The molecule has 0 unspecified atom stereocenters. The van der Waals surface area contributed by atoms with Gasteiger partial charge in [-0.1, -0.05) is 0 Å². The molecule has 1 aliphatic heterocycles. The number of hydrogen-bond donors (Lipinski definition) is 2. The molecule has 2 N–H and O–H groups in total. The molecule has 1 fully saturated rings. The minimum absolute atomic E-state index is 0.142. The third-order valence-corrected chi connectivity index (χ3v) is 6.69. The van der Waals surface area contributed by atoms with Crippen LogP contribution in [0.4, 0.5) is 10.1 Å². The SMILES string of the molecule is Cc1cc(CC(=O)Nc2cnn(C(C)(C)C)c2)c(F)cc1Oc1ccnc2ccc(C(=O)NCC3COC3)cc12. The van der Waals surface area contributed by atoms with E-state index in [1.807, 2.05) is 20.8 Å². The second-order valence-electron chi connectivity index (χ2n) is 11.0. The Morgan fingerprint density at radius 3 is 2.65 bits per heavy atom. The molecule has 0 spiro atoms. The molecule has 0 saturated carbocycles. The van der Waals surface area contributed by atoms with E-state index in [1.54, 1.807) is 60.5 Å². The Balaban J connectivity index is 1.30. The summed E-state index contributed by atoms with van der Waals surface area (Å²) in [6.45, 7) is 9.67. The van der Waals surface area contributed by atoms with Gasteiger partial charge >= 0.3 is 0 Å². The highest BCUT2D eigenvalue weighted by Gasteiger charge is 2.20. The molecule has 3 heterocycles. The highest BCUT2D eigenvalue weighted by Crippen LogP contribution is 2.33. The Hall–Kier alpha value is -4.31. The summed E-state index contributed by atoms with van der Waals surface area (Å²) in [6.07, 6.45) is 4.77. The molecule has 0 aliphatic carbocycles. The average Bonchev–Trinajstić information content (AvgIpc) is 3.35. The number of nitrogens with zero attached hydrogens (tertiary/aromatic N) is 3. The predicted molar refractivity (Wildman–Crippen MR) is 149 cm³/mol. The van der Waals surface area contributed by atoms with Crippen molar-refractivity contribution >= 4 is 28.4 Å². The quantitative estimate of drug-likeness (QED) is 0.323. The van der Waals surface area contributed by atoms with Gasteiger partial charge in [-0.3, -0.25) is 19.3 Å². The average molecular weight is 546 g/mol. The summed E-state index contributed by atoms with van der Waals surface area (Å²) in [7, 11) is 0. The van der Waals surface area contributed by atoms with Crippen LogP contribution in [0, 0.1) is 18.7 Å². The van der Waals surface area contributed by atoms with Crippen molar-refractivity contribution in [3.8, 4) is 11.5 Å². The van der Waals surface area contributed by atoms with Gasteiger partial charge in [0, 0.05) is 41.9 Å². The molecule has 0 bridgehead atoms. The highest BCUT2D eigenvalue weighted by atomic mass is 19.1. The molecule has 9 nitrogen and oxygen atoms in total. The van der Waals surface area contributed by atoms with Crippen LogP contribution in [0.5, 0.6) is 11.5 Å². The first-order valence-electron chi connectivity index (χ1n) is 13.1. The minimum atomic E-state index is -0.556. The molecule has 208 valence electrons. The maximum Gasteiger partial charge on any atom is 0.251 e. The lowest BCUT2D eigenvalue weighted by atomic mass is 10.1. The molecule has 1 aliphatic rings. The number of nitrogens with one attached hydrogen (secondary N) is 2. The molecule has 10 heteroatoms. The van der Waals surface area contributed by atoms with Crippen molar-refractivity contribution < 1.29 is 23.5 Å². The largest absolute Gasteiger partial charge is 0.456 e. The van der Waals surface area contributed by atoms with E-state index in [0.717, 1.165) is 0 Å². The van der Waals surface area contributed by atoms with Crippen LogP contribution in [0.1, 0.15) is 42.3 Å². The van der Waals surface area contributed by atoms with Crippen LogP contribution in [0.2, 0.25) is 0 Å². The van der Waals surface area contributed by atoms with Crippen molar-refractivity contribution in [2.24, 2.45) is 5.92 Å². The van der Waals surface area contributed by atoms with Gasteiger partial charge in [-0.05, 0) is 69.2 Å². The standard InChI is InChI=1S/C30H32FN5O4/c1-18-9-21(11-28(37)35-22-14-34-36(15-22)30(2,3)4)24(31)12-27(18)40-26-7-8-32-25-6-5-20(10-23(25)26)29(38)33-13-19-16-39-17-19/h5-10,12,14-15,19H,11,13,16-17H2,1-4H3,(H,33,38)(H,35,37). The molecule has 5 rings (SSSR count). The molecule has 2 aromatic heterocycles. The van der Waals surface area contributed by atoms with E-state index in [-0.39, 0.29) is 29.3 Å². The lowest BCUT2D eigenvalue weighted by molar-refractivity contribution is -0.115. The van der Waals surface area contributed by atoms with E-state index in [0.29, 0.717) is 64.9 Å². The van der Waals surface area contributed by atoms with Gasteiger partial charge in [0.2, 0.25) is 5.91 Å². The van der Waals surface area contributed by atoms with Gasteiger partial charge in [0.05, 0.1) is 42.6 Å². The Kier molecular flexibility index (Phi) is 7.53. The van der Waals surface area contributed by atoms with E-state index < -0.39 is 5.82 Å². The fourth-order valence-corrected chi connectivity index (χ4v) is 4.31. The molecule has 2 aromatic carbocycles. The van der Waals surface area contributed by atoms with Gasteiger partial charge in [0.15, 0.2) is 0 Å². The van der Waals surface area contributed by atoms with Crippen LogP contribution < -0.4 is 15.4 Å². The zero-order chi connectivity index (χ0) is 28.4. The van der Waals surface area contributed by atoms with Gasteiger partial charge in [-0.25, -0.2) is 4.39 Å². The van der Waals surface area contributed by atoms with E-state index in [4.69, 9.17) is 9.47 Å². The summed E-state index contributed by atoms with van der Waals surface area (Å²) in [5.74, 6) is -0.0179. The number of rotatable bonds is 8. The number of amides is 2. The van der Waals surface area contributed by atoms with Crippen molar-refractivity contribution in [1.29, 1.82) is 0 Å². The molecule has 0 atom stereocenters. The first kappa shape index (κ1) is 27.3. The normalized spacial score (nSPS) is 13.6. The molecular weight excluding hydrogens is 513 g/mol. The number of benzene rings is 2. The minimum Gasteiger partial charge on any atom is -0.456 e. The van der Waals surface area contributed by atoms with Crippen molar-refractivity contribution in [3.05, 3.63) is 77.5 Å². The van der Waals surface area contributed by atoms with E-state index in [1.165, 1.54) is 6.07 Å². The van der Waals surface area contributed by atoms with Gasteiger partial charge in [-0.2, -0.15) is 5.10 Å². The molecular formula is C30H32FN5O4. The zero-order valence-electron chi connectivity index (χ0n) is 23.0. The fraction of sp³-hybridized carbons (Fsp3) is 0.333. The second kappa shape index (κ2) is 11.1. The summed E-state index contributed by atoms with van der Waals surface area (Å²) < 4.78 is 28.1. The van der Waals surface area contributed by atoms with Gasteiger partial charge in [0.25, 0.3) is 5.91 Å². The number of anilines is 1. The summed E-state index contributed by atoms with van der Waals surface area (Å²) in [6, 6.07) is 9.74. The third-order valence-electron chi connectivity index (χ3n) is 6.69. The van der Waals surface area contributed by atoms with Crippen molar-refractivity contribution in [2.75, 3.05) is 25.1 Å². The summed E-state index contributed by atoms with van der Waals surface area (Å²) in [5.41, 5.74) is 2.35. The fourth-order valence-electron chi connectivity index (χ4n) is 4.31. The number of aromatic nitrogens is 3. The van der Waals surface area contributed by atoms with Crippen molar-refractivity contribution in [3.63, 3.8) is 0 Å². The summed E-state index contributed by atoms with van der Waals surface area (Å²) in [5, 5.41) is 10.6. The summed E-state index contributed by atoms with van der Waals surface area (Å²) >= 11 is 0. The number of aryl methyl sites for hydroxylation is 1. The van der Waals surface area contributed by atoms with Crippen LogP contribution in [0.3, 0.4) is 0 Å². The molecule has 40 heavy (non-hydrogen) atoms. The number of carbonyl (C=O) groups excluding carboxylic acids is 2. The molecule has 2 amide bonds. The van der Waals surface area contributed by atoms with Gasteiger partial charge in [-0.15, -0.1) is 0 Å². The van der Waals surface area contributed by atoms with Gasteiger partial charge < -0.3 is 20.1 Å². The van der Waals surface area contributed by atoms with E-state index in [9.17, 15) is 9.59 Å². The third kappa shape index (κ3) is 6.12. The Morgan fingerprint density at radius 2 is 1.95 bits per heavy atom. The Labute approximate surface area is 231 Å². The van der Waals surface area contributed by atoms with Crippen LogP contribution in [0.25, 0.3) is 10.9 Å². The lowest BCUT2D eigenvalue weighted by Gasteiger charge is -2.25. The lowest BCUT2D eigenvalue weighted by Crippen LogP contribution is -2.39. The first-order valence-corrected chi connectivity index (χ1v) is 13.1. The van der Waals surface area contributed by atoms with E-state index in [2.05, 4.69) is 20.7 Å². The number of ether oxygens (including phenoxy) is 2. The monoisotopic (exact) mass is 545 g/mol. The van der Waals surface area contributed by atoms with Crippen LogP contribution in [-0.4, -0.2) is 46.3 Å². The van der Waals surface area contributed by atoms with Crippen molar-refractivity contribution in [2.45, 2.75) is 39.7 Å². The number of halogens is 1. The van der Waals surface area contributed by atoms with Crippen molar-refractivity contribution in [1.82, 2.24) is 20.1 Å². The maximum absolute atomic E-state index is 15.1. The predicted octanol–water partition coefficient (Wildman–Crippen LogP) is 4.98. The molecule has 1 saturated heterocycles. The number of fused-ring (bicyclic) bond motifs is 1. The maximum atomic E-state index is 15.1. The van der Waals surface area contributed by atoms with Crippen LogP contribution in [-0.2, 0) is 21.5 Å². The summed E-state index contributed by atoms with van der Waals surface area (Å²) in [4.78, 5) is 29.7. The van der Waals surface area contributed by atoms with Gasteiger partial charge in [0.1, 0.15) is 17.3 Å². The molecule has 4 aromatic rings. The number of carbonyl (C=O) groups is 2.